The summed E-state index contributed by atoms with van der Waals surface area (Å²) in [5.41, 5.74) is 4.12. The molecular weight excluding hydrogens is 212 g/mol. The molecule has 0 aromatic rings. The van der Waals surface area contributed by atoms with Crippen molar-refractivity contribution in [3.8, 4) is 0 Å². The predicted molar refractivity (Wildman–Crippen MR) is 68.2 cm³/mol. The summed E-state index contributed by atoms with van der Waals surface area (Å²) in [4.78, 5) is 11.5. The van der Waals surface area contributed by atoms with Crippen molar-refractivity contribution in [3.63, 3.8) is 0 Å². The van der Waals surface area contributed by atoms with Crippen LogP contribution in [0.1, 0.15) is 39.5 Å². The molecule has 0 aromatic carbocycles. The SMILES string of the molecule is C=C1C(=O)OC2=C1CC/C(C)=C/CC/C(C)=C/2. The van der Waals surface area contributed by atoms with Crippen LogP contribution in [0, 0.1) is 0 Å². The minimum Gasteiger partial charge on any atom is -0.423 e. The topological polar surface area (TPSA) is 26.3 Å². The summed E-state index contributed by atoms with van der Waals surface area (Å²) in [6, 6.07) is 0. The molecule has 0 radical (unpaired) electrons. The van der Waals surface area contributed by atoms with Crippen molar-refractivity contribution in [1.29, 1.82) is 0 Å². The van der Waals surface area contributed by atoms with Crippen molar-refractivity contribution in [3.05, 3.63) is 46.8 Å². The van der Waals surface area contributed by atoms with E-state index < -0.39 is 0 Å². The summed E-state index contributed by atoms with van der Waals surface area (Å²) >= 11 is 0. The Balaban J connectivity index is 2.36. The molecule has 0 aromatic heterocycles. The maximum atomic E-state index is 11.5. The average Bonchev–Trinajstić information content (AvgIpc) is 2.52. The summed E-state index contributed by atoms with van der Waals surface area (Å²) in [5, 5.41) is 0. The van der Waals surface area contributed by atoms with Gasteiger partial charge >= 0.3 is 5.97 Å². The van der Waals surface area contributed by atoms with Gasteiger partial charge in [-0.05, 0) is 45.6 Å². The van der Waals surface area contributed by atoms with E-state index in [0.29, 0.717) is 11.3 Å². The van der Waals surface area contributed by atoms with Gasteiger partial charge in [0, 0.05) is 5.57 Å². The lowest BCUT2D eigenvalue weighted by Crippen LogP contribution is -1.96. The number of ether oxygens (including phenoxy) is 1. The third kappa shape index (κ3) is 2.57. The fourth-order valence-electron chi connectivity index (χ4n) is 2.15. The average molecular weight is 230 g/mol. The van der Waals surface area contributed by atoms with Gasteiger partial charge in [-0.25, -0.2) is 4.79 Å². The number of hydrogen-bond acceptors (Lipinski definition) is 2. The first kappa shape index (κ1) is 11.9. The first-order valence-corrected chi connectivity index (χ1v) is 6.05. The summed E-state index contributed by atoms with van der Waals surface area (Å²) in [6.07, 6.45) is 8.15. The third-order valence-electron chi connectivity index (χ3n) is 3.29. The normalized spacial score (nSPS) is 27.9. The molecule has 0 fully saturated rings. The first-order chi connectivity index (χ1) is 8.08. The van der Waals surface area contributed by atoms with E-state index in [1.807, 2.05) is 6.08 Å². The summed E-state index contributed by atoms with van der Waals surface area (Å²) < 4.78 is 5.26. The van der Waals surface area contributed by atoms with E-state index in [0.717, 1.165) is 31.3 Å². The van der Waals surface area contributed by atoms with E-state index in [9.17, 15) is 4.79 Å². The van der Waals surface area contributed by atoms with Crippen LogP contribution in [0.15, 0.2) is 46.8 Å². The van der Waals surface area contributed by atoms with Crippen LogP contribution in [-0.4, -0.2) is 5.97 Å². The number of carbonyl (C=O) groups is 1. The molecule has 0 saturated heterocycles. The van der Waals surface area contributed by atoms with Crippen molar-refractivity contribution in [2.45, 2.75) is 39.5 Å². The van der Waals surface area contributed by atoms with Gasteiger partial charge in [0.1, 0.15) is 5.76 Å². The second-order valence-electron chi connectivity index (χ2n) is 4.79. The Morgan fingerprint density at radius 1 is 1.18 bits per heavy atom. The maximum absolute atomic E-state index is 11.5. The van der Waals surface area contributed by atoms with Crippen molar-refractivity contribution < 1.29 is 9.53 Å². The fourth-order valence-corrected chi connectivity index (χ4v) is 2.15. The lowest BCUT2D eigenvalue weighted by atomic mass is 9.97. The molecule has 1 aliphatic heterocycles. The molecule has 0 N–H and O–H groups in total. The van der Waals surface area contributed by atoms with E-state index in [4.69, 9.17) is 4.74 Å². The monoisotopic (exact) mass is 230 g/mol. The molecule has 0 spiro atoms. The number of esters is 1. The van der Waals surface area contributed by atoms with Crippen molar-refractivity contribution >= 4 is 5.97 Å². The molecule has 1 aliphatic carbocycles. The molecule has 0 unspecified atom stereocenters. The van der Waals surface area contributed by atoms with Crippen LogP contribution in [0.3, 0.4) is 0 Å². The number of allylic oxidation sites excluding steroid dienone is 4. The Bertz CT molecular complexity index is 461. The smallest absolute Gasteiger partial charge is 0.343 e. The van der Waals surface area contributed by atoms with Crippen LogP contribution >= 0.6 is 0 Å². The zero-order chi connectivity index (χ0) is 12.4. The van der Waals surface area contributed by atoms with Crippen LogP contribution in [0.2, 0.25) is 0 Å². The summed E-state index contributed by atoms with van der Waals surface area (Å²) in [7, 11) is 0. The fraction of sp³-hybridized carbons (Fsp3) is 0.400. The van der Waals surface area contributed by atoms with Crippen molar-refractivity contribution in [1.82, 2.24) is 0 Å². The van der Waals surface area contributed by atoms with E-state index in [2.05, 4.69) is 26.5 Å². The molecule has 0 amide bonds. The maximum Gasteiger partial charge on any atom is 0.343 e. The molecule has 1 heterocycles. The highest BCUT2D eigenvalue weighted by molar-refractivity contribution is 5.97. The zero-order valence-corrected chi connectivity index (χ0v) is 10.5. The van der Waals surface area contributed by atoms with E-state index in [1.165, 1.54) is 11.1 Å². The first-order valence-electron chi connectivity index (χ1n) is 6.05. The Kier molecular flexibility index (Phi) is 3.32. The van der Waals surface area contributed by atoms with Gasteiger partial charge in [0.15, 0.2) is 0 Å². The Morgan fingerprint density at radius 2 is 1.94 bits per heavy atom. The minimum absolute atomic E-state index is 0.292. The van der Waals surface area contributed by atoms with Gasteiger partial charge in [0.2, 0.25) is 0 Å². The van der Waals surface area contributed by atoms with Crippen LogP contribution < -0.4 is 0 Å². The van der Waals surface area contributed by atoms with Crippen molar-refractivity contribution in [2.75, 3.05) is 0 Å². The molecule has 90 valence electrons. The minimum atomic E-state index is -0.292. The van der Waals surface area contributed by atoms with E-state index in [-0.39, 0.29) is 5.97 Å². The highest BCUT2D eigenvalue weighted by Crippen LogP contribution is 2.32. The van der Waals surface area contributed by atoms with Gasteiger partial charge in [-0.3, -0.25) is 0 Å². The zero-order valence-electron chi connectivity index (χ0n) is 10.5. The van der Waals surface area contributed by atoms with Crippen molar-refractivity contribution in [2.24, 2.45) is 0 Å². The molecule has 0 atom stereocenters. The van der Waals surface area contributed by atoms with Gasteiger partial charge in [0.25, 0.3) is 0 Å². The standard InChI is InChI=1S/C15H18O2/c1-10-5-4-6-11(2)9-14-13(8-7-10)12(3)15(16)17-14/h5,9H,3-4,6-8H2,1-2H3/b10-5+,11-9+. The van der Waals surface area contributed by atoms with Crippen LogP contribution in [0.25, 0.3) is 0 Å². The van der Waals surface area contributed by atoms with Gasteiger partial charge in [0.05, 0.1) is 5.57 Å². The number of hydrogen-bond donors (Lipinski definition) is 0. The Labute approximate surface area is 102 Å². The third-order valence-corrected chi connectivity index (χ3v) is 3.29. The Hall–Kier alpha value is -1.57. The van der Waals surface area contributed by atoms with Gasteiger partial charge in [-0.15, -0.1) is 0 Å². The van der Waals surface area contributed by atoms with E-state index in [1.54, 1.807) is 0 Å². The molecule has 2 aliphatic rings. The number of rotatable bonds is 0. The predicted octanol–water partition coefficient (Wildman–Crippen LogP) is 3.82. The quantitative estimate of drug-likeness (QED) is 0.359. The van der Waals surface area contributed by atoms with Crippen LogP contribution in [-0.2, 0) is 9.53 Å². The molecular formula is C15H18O2. The van der Waals surface area contributed by atoms with Crippen LogP contribution in [0.5, 0.6) is 0 Å². The summed E-state index contributed by atoms with van der Waals surface area (Å²) in [5.74, 6) is 0.423. The second kappa shape index (κ2) is 4.74. The molecule has 2 heteroatoms. The van der Waals surface area contributed by atoms with E-state index >= 15 is 0 Å². The van der Waals surface area contributed by atoms with Crippen LogP contribution in [0.4, 0.5) is 0 Å². The number of carbonyl (C=O) groups excluding carboxylic acids is 1. The lowest BCUT2D eigenvalue weighted by Gasteiger charge is -2.07. The lowest BCUT2D eigenvalue weighted by molar-refractivity contribution is -0.132. The second-order valence-corrected chi connectivity index (χ2v) is 4.79. The highest BCUT2D eigenvalue weighted by Gasteiger charge is 2.26. The largest absolute Gasteiger partial charge is 0.423 e. The molecule has 0 saturated carbocycles. The summed E-state index contributed by atoms with van der Waals surface area (Å²) in [6.45, 7) is 8.03. The molecule has 2 nitrogen and oxygen atoms in total. The van der Waals surface area contributed by atoms with Gasteiger partial charge < -0.3 is 4.74 Å². The highest BCUT2D eigenvalue weighted by atomic mass is 16.5. The van der Waals surface area contributed by atoms with Gasteiger partial charge in [-0.2, -0.15) is 0 Å². The molecule has 17 heavy (non-hydrogen) atoms. The molecule has 2 rings (SSSR count). The molecule has 0 bridgehead atoms. The van der Waals surface area contributed by atoms with Gasteiger partial charge in [-0.1, -0.05) is 23.8 Å². The Morgan fingerprint density at radius 3 is 2.71 bits per heavy atom.